The average Bonchev–Trinajstić information content (AvgIpc) is 2.72. The molecule has 2 heterocycles. The fourth-order valence-corrected chi connectivity index (χ4v) is 1.98. The summed E-state index contributed by atoms with van der Waals surface area (Å²) < 4.78 is 41.9. The van der Waals surface area contributed by atoms with Gasteiger partial charge in [0.1, 0.15) is 5.76 Å². The molecule has 0 N–H and O–H groups in total. The number of pyridine rings is 1. The van der Waals surface area contributed by atoms with Crippen molar-refractivity contribution in [3.8, 4) is 0 Å². The van der Waals surface area contributed by atoms with Gasteiger partial charge in [-0.1, -0.05) is 16.9 Å². The Morgan fingerprint density at radius 3 is 2.61 bits per heavy atom. The van der Waals surface area contributed by atoms with E-state index in [9.17, 15) is 13.2 Å². The molecule has 2 aromatic rings. The van der Waals surface area contributed by atoms with E-state index in [0.29, 0.717) is 16.5 Å². The highest BCUT2D eigenvalue weighted by Gasteiger charge is 2.30. The van der Waals surface area contributed by atoms with E-state index in [1.165, 1.54) is 17.8 Å². The molecule has 0 radical (unpaired) electrons. The summed E-state index contributed by atoms with van der Waals surface area (Å²) in [6, 6.07) is 4.13. The van der Waals surface area contributed by atoms with Gasteiger partial charge in [0.2, 0.25) is 0 Å². The second-order valence-electron chi connectivity index (χ2n) is 3.61. The van der Waals surface area contributed by atoms with Crippen LogP contribution in [-0.4, -0.2) is 10.1 Å². The van der Waals surface area contributed by atoms with Gasteiger partial charge in [0.05, 0.1) is 22.0 Å². The Balaban J connectivity index is 1.98. The second kappa shape index (κ2) is 5.01. The zero-order valence-corrected chi connectivity index (χ0v) is 10.2. The predicted molar refractivity (Wildman–Crippen MR) is 60.0 cm³/mol. The lowest BCUT2D eigenvalue weighted by Gasteiger charge is -2.06. The van der Waals surface area contributed by atoms with Gasteiger partial charge in [0.15, 0.2) is 0 Å². The van der Waals surface area contributed by atoms with Gasteiger partial charge in [-0.25, -0.2) is 4.98 Å². The molecule has 3 nitrogen and oxygen atoms in total. The first-order valence-corrected chi connectivity index (χ1v) is 6.02. The quantitative estimate of drug-likeness (QED) is 0.800. The maximum atomic E-state index is 12.3. The van der Waals surface area contributed by atoms with Crippen molar-refractivity contribution in [2.45, 2.75) is 23.9 Å². The van der Waals surface area contributed by atoms with Crippen molar-refractivity contribution >= 4 is 11.8 Å². The minimum atomic E-state index is -4.35. The Labute approximate surface area is 105 Å². The van der Waals surface area contributed by atoms with E-state index in [1.807, 2.05) is 0 Å². The molecule has 0 spiro atoms. The van der Waals surface area contributed by atoms with Crippen molar-refractivity contribution in [3.63, 3.8) is 0 Å². The number of nitrogens with zero attached hydrogens (tertiary/aromatic N) is 2. The molecule has 0 saturated carbocycles. The van der Waals surface area contributed by atoms with Crippen molar-refractivity contribution in [2.75, 3.05) is 0 Å². The summed E-state index contributed by atoms with van der Waals surface area (Å²) in [6.45, 7) is 1.80. The molecule has 0 aromatic carbocycles. The minimum absolute atomic E-state index is 0.485. The molecule has 2 aromatic heterocycles. The van der Waals surface area contributed by atoms with E-state index < -0.39 is 11.7 Å². The Kier molecular flexibility index (Phi) is 3.60. The summed E-state index contributed by atoms with van der Waals surface area (Å²) in [5.74, 6) is 1.15. The molecule has 0 unspecified atom stereocenters. The van der Waals surface area contributed by atoms with Crippen LogP contribution in [0.2, 0.25) is 0 Å². The number of rotatable bonds is 3. The highest BCUT2D eigenvalue weighted by molar-refractivity contribution is 7.98. The second-order valence-corrected chi connectivity index (χ2v) is 4.60. The highest BCUT2D eigenvalue weighted by Crippen LogP contribution is 2.30. The number of halogens is 3. The summed E-state index contributed by atoms with van der Waals surface area (Å²) in [5.41, 5.74) is 0.0216. The molecule has 0 aliphatic carbocycles. The number of aryl methyl sites for hydroxylation is 1. The molecule has 0 amide bonds. The van der Waals surface area contributed by atoms with Gasteiger partial charge in [-0.2, -0.15) is 13.2 Å². The third-order valence-corrected chi connectivity index (χ3v) is 3.07. The number of hydrogen-bond donors (Lipinski definition) is 0. The van der Waals surface area contributed by atoms with E-state index in [2.05, 4.69) is 10.1 Å². The fraction of sp³-hybridized carbons (Fsp3) is 0.273. The van der Waals surface area contributed by atoms with Crippen LogP contribution in [0.15, 0.2) is 33.9 Å². The van der Waals surface area contributed by atoms with E-state index in [0.717, 1.165) is 18.0 Å². The van der Waals surface area contributed by atoms with Crippen LogP contribution in [0.4, 0.5) is 13.2 Å². The summed E-state index contributed by atoms with van der Waals surface area (Å²) in [7, 11) is 0. The SMILES string of the molecule is Cc1cc(CSc2ccc(C(F)(F)F)cn2)on1. The molecule has 0 saturated heterocycles. The van der Waals surface area contributed by atoms with Crippen LogP contribution in [0, 0.1) is 6.92 Å². The van der Waals surface area contributed by atoms with Gasteiger partial charge in [-0.3, -0.25) is 0 Å². The van der Waals surface area contributed by atoms with Crippen LogP contribution in [-0.2, 0) is 11.9 Å². The standard InChI is InChI=1S/C11H9F3N2OS/c1-7-4-9(17-16-7)6-18-10-3-2-8(5-15-10)11(12,13)14/h2-5H,6H2,1H3. The number of thioether (sulfide) groups is 1. The molecule has 18 heavy (non-hydrogen) atoms. The molecule has 0 aliphatic rings. The van der Waals surface area contributed by atoms with E-state index >= 15 is 0 Å². The van der Waals surface area contributed by atoms with Crippen LogP contribution < -0.4 is 0 Å². The number of hydrogen-bond acceptors (Lipinski definition) is 4. The Bertz CT molecular complexity index is 522. The van der Waals surface area contributed by atoms with Gasteiger partial charge >= 0.3 is 6.18 Å². The van der Waals surface area contributed by atoms with Crippen LogP contribution in [0.3, 0.4) is 0 Å². The first-order valence-electron chi connectivity index (χ1n) is 5.03. The normalized spacial score (nSPS) is 11.8. The summed E-state index contributed by atoms with van der Waals surface area (Å²) in [4.78, 5) is 3.75. The van der Waals surface area contributed by atoms with Crippen molar-refractivity contribution in [1.82, 2.24) is 10.1 Å². The van der Waals surface area contributed by atoms with Crippen molar-refractivity contribution in [2.24, 2.45) is 0 Å². The lowest BCUT2D eigenvalue weighted by atomic mass is 10.3. The summed E-state index contributed by atoms with van der Waals surface area (Å²) in [6.07, 6.45) is -3.52. The smallest absolute Gasteiger partial charge is 0.360 e. The molecule has 0 atom stereocenters. The maximum Gasteiger partial charge on any atom is 0.417 e. The van der Waals surface area contributed by atoms with Crippen molar-refractivity contribution in [3.05, 3.63) is 41.4 Å². The summed E-state index contributed by atoms with van der Waals surface area (Å²) >= 11 is 1.29. The van der Waals surface area contributed by atoms with Gasteiger partial charge in [-0.05, 0) is 19.1 Å². The molecular formula is C11H9F3N2OS. The third kappa shape index (κ3) is 3.25. The highest BCUT2D eigenvalue weighted by atomic mass is 32.2. The van der Waals surface area contributed by atoms with Gasteiger partial charge in [-0.15, -0.1) is 0 Å². The topological polar surface area (TPSA) is 38.9 Å². The van der Waals surface area contributed by atoms with Gasteiger partial charge in [0.25, 0.3) is 0 Å². The van der Waals surface area contributed by atoms with Crippen LogP contribution in [0.25, 0.3) is 0 Å². The minimum Gasteiger partial charge on any atom is -0.360 e. The van der Waals surface area contributed by atoms with E-state index in [-0.39, 0.29) is 0 Å². The van der Waals surface area contributed by atoms with Gasteiger partial charge < -0.3 is 4.52 Å². The van der Waals surface area contributed by atoms with Crippen molar-refractivity contribution < 1.29 is 17.7 Å². The molecule has 2 rings (SSSR count). The average molecular weight is 274 g/mol. The van der Waals surface area contributed by atoms with Crippen LogP contribution in [0.1, 0.15) is 17.0 Å². The Hall–Kier alpha value is -1.50. The fourth-order valence-electron chi connectivity index (χ4n) is 1.26. The molecule has 0 aliphatic heterocycles. The molecular weight excluding hydrogens is 265 g/mol. The molecule has 0 bridgehead atoms. The maximum absolute atomic E-state index is 12.3. The van der Waals surface area contributed by atoms with Crippen LogP contribution in [0.5, 0.6) is 0 Å². The largest absolute Gasteiger partial charge is 0.417 e. The predicted octanol–water partition coefficient (Wildman–Crippen LogP) is 3.69. The lowest BCUT2D eigenvalue weighted by molar-refractivity contribution is -0.137. The zero-order valence-electron chi connectivity index (χ0n) is 9.36. The Morgan fingerprint density at radius 2 is 2.11 bits per heavy atom. The molecule has 0 fully saturated rings. The van der Waals surface area contributed by atoms with Crippen LogP contribution >= 0.6 is 11.8 Å². The summed E-state index contributed by atoms with van der Waals surface area (Å²) in [5, 5.41) is 4.23. The zero-order chi connectivity index (χ0) is 13.2. The Morgan fingerprint density at radius 1 is 1.33 bits per heavy atom. The van der Waals surface area contributed by atoms with Gasteiger partial charge in [0, 0.05) is 12.3 Å². The van der Waals surface area contributed by atoms with Crippen molar-refractivity contribution in [1.29, 1.82) is 0 Å². The van der Waals surface area contributed by atoms with E-state index in [4.69, 9.17) is 4.52 Å². The molecule has 7 heteroatoms. The number of aromatic nitrogens is 2. The van der Waals surface area contributed by atoms with E-state index in [1.54, 1.807) is 13.0 Å². The third-order valence-electron chi connectivity index (χ3n) is 2.10. The molecule has 96 valence electrons. The lowest BCUT2D eigenvalue weighted by Crippen LogP contribution is -2.05. The first kappa shape index (κ1) is 12.9. The first-order chi connectivity index (χ1) is 8.45. The monoisotopic (exact) mass is 274 g/mol. The number of alkyl halides is 3.